The lowest BCUT2D eigenvalue weighted by atomic mass is 9.96. The molecule has 2 aliphatic rings. The van der Waals surface area contributed by atoms with Crippen LogP contribution in [0.15, 0.2) is 18.2 Å². The number of nitrogens with zero attached hydrogens (tertiary/aromatic N) is 1. The van der Waals surface area contributed by atoms with E-state index in [9.17, 15) is 9.59 Å². The van der Waals surface area contributed by atoms with E-state index in [0.29, 0.717) is 6.54 Å². The molecule has 0 radical (unpaired) electrons. The number of nitrogen functional groups attached to an aromatic ring is 1. The fourth-order valence-corrected chi connectivity index (χ4v) is 2.76. The number of hydrogen-bond acceptors (Lipinski definition) is 4. The first-order valence-corrected chi connectivity index (χ1v) is 6.09. The van der Waals surface area contributed by atoms with Crippen LogP contribution in [-0.2, 0) is 22.6 Å². The lowest BCUT2D eigenvalue weighted by Crippen LogP contribution is -2.43. The second-order valence-electron chi connectivity index (χ2n) is 4.84. The van der Waals surface area contributed by atoms with Crippen molar-refractivity contribution in [1.82, 2.24) is 10.2 Å². The van der Waals surface area contributed by atoms with E-state index in [1.807, 2.05) is 18.2 Å². The number of rotatable bonds is 1. The van der Waals surface area contributed by atoms with Crippen LogP contribution in [0.4, 0.5) is 5.69 Å². The van der Waals surface area contributed by atoms with Gasteiger partial charge in [-0.15, -0.1) is 0 Å². The number of fused-ring (bicyclic) bond motifs is 1. The summed E-state index contributed by atoms with van der Waals surface area (Å²) in [7, 11) is 0. The molecule has 0 spiro atoms. The SMILES string of the molecule is Nc1cccc2c1CCN(C1CC(=O)NC1=O)C2. The highest BCUT2D eigenvalue weighted by Gasteiger charge is 2.36. The lowest BCUT2D eigenvalue weighted by molar-refractivity contribution is -0.126. The van der Waals surface area contributed by atoms with E-state index in [-0.39, 0.29) is 24.3 Å². The van der Waals surface area contributed by atoms with Gasteiger partial charge in [-0.25, -0.2) is 0 Å². The van der Waals surface area contributed by atoms with E-state index in [4.69, 9.17) is 5.73 Å². The van der Waals surface area contributed by atoms with Crippen LogP contribution in [-0.4, -0.2) is 29.3 Å². The van der Waals surface area contributed by atoms with Crippen molar-refractivity contribution in [3.05, 3.63) is 29.3 Å². The van der Waals surface area contributed by atoms with Gasteiger partial charge in [0.05, 0.1) is 12.5 Å². The zero-order valence-corrected chi connectivity index (χ0v) is 9.98. The van der Waals surface area contributed by atoms with E-state index in [2.05, 4.69) is 10.2 Å². The Morgan fingerprint density at radius 3 is 2.89 bits per heavy atom. The van der Waals surface area contributed by atoms with Crippen LogP contribution in [0.1, 0.15) is 17.5 Å². The summed E-state index contributed by atoms with van der Waals surface area (Å²) in [5, 5.41) is 2.36. The van der Waals surface area contributed by atoms with Crippen molar-refractivity contribution in [3.8, 4) is 0 Å². The van der Waals surface area contributed by atoms with Gasteiger partial charge in [0.1, 0.15) is 0 Å². The zero-order chi connectivity index (χ0) is 12.7. The summed E-state index contributed by atoms with van der Waals surface area (Å²) in [5.74, 6) is -0.351. The number of hydrogen-bond donors (Lipinski definition) is 2. The Labute approximate surface area is 105 Å². The number of nitrogens with one attached hydrogen (secondary N) is 1. The number of amides is 2. The molecule has 0 saturated carbocycles. The third-order valence-corrected chi connectivity index (χ3v) is 3.72. The molecule has 0 bridgehead atoms. The molecule has 1 unspecified atom stereocenters. The largest absolute Gasteiger partial charge is 0.398 e. The van der Waals surface area contributed by atoms with Crippen molar-refractivity contribution < 1.29 is 9.59 Å². The fourth-order valence-electron chi connectivity index (χ4n) is 2.76. The predicted molar refractivity (Wildman–Crippen MR) is 66.5 cm³/mol. The second-order valence-corrected chi connectivity index (χ2v) is 4.84. The van der Waals surface area contributed by atoms with Crippen molar-refractivity contribution in [2.24, 2.45) is 0 Å². The number of benzene rings is 1. The van der Waals surface area contributed by atoms with Crippen LogP contribution < -0.4 is 11.1 Å². The van der Waals surface area contributed by atoms with Crippen LogP contribution in [0.25, 0.3) is 0 Å². The highest BCUT2D eigenvalue weighted by Crippen LogP contribution is 2.26. The molecule has 1 aromatic carbocycles. The minimum atomic E-state index is -0.313. The first kappa shape index (κ1) is 11.2. The van der Waals surface area contributed by atoms with Crippen molar-refractivity contribution in [1.29, 1.82) is 0 Å². The van der Waals surface area contributed by atoms with Crippen molar-refractivity contribution in [3.63, 3.8) is 0 Å². The third-order valence-electron chi connectivity index (χ3n) is 3.72. The normalized spacial score (nSPS) is 23.9. The Bertz CT molecular complexity index is 527. The molecule has 2 amide bonds. The molecule has 2 aliphatic heterocycles. The Kier molecular flexibility index (Phi) is 2.56. The molecule has 3 rings (SSSR count). The summed E-state index contributed by atoms with van der Waals surface area (Å²) >= 11 is 0. The number of nitrogens with two attached hydrogens (primary N) is 1. The van der Waals surface area contributed by atoms with E-state index < -0.39 is 0 Å². The summed E-state index contributed by atoms with van der Waals surface area (Å²) in [6.45, 7) is 1.46. The number of carbonyl (C=O) groups excluding carboxylic acids is 2. The molecule has 5 heteroatoms. The van der Waals surface area contributed by atoms with E-state index in [1.165, 1.54) is 5.56 Å². The van der Waals surface area contributed by atoms with Crippen molar-refractivity contribution in [2.75, 3.05) is 12.3 Å². The Morgan fingerprint density at radius 1 is 1.33 bits per heavy atom. The lowest BCUT2D eigenvalue weighted by Gasteiger charge is -2.32. The van der Waals surface area contributed by atoms with E-state index in [1.54, 1.807) is 0 Å². The van der Waals surface area contributed by atoms with Crippen LogP contribution in [0.2, 0.25) is 0 Å². The number of anilines is 1. The average molecular weight is 245 g/mol. The quantitative estimate of drug-likeness (QED) is 0.541. The van der Waals surface area contributed by atoms with Gasteiger partial charge in [0, 0.05) is 18.8 Å². The topological polar surface area (TPSA) is 75.4 Å². The molecular weight excluding hydrogens is 230 g/mol. The van der Waals surface area contributed by atoms with Gasteiger partial charge in [-0.05, 0) is 23.6 Å². The van der Waals surface area contributed by atoms with Crippen LogP contribution in [0.3, 0.4) is 0 Å². The molecule has 0 aliphatic carbocycles. The highest BCUT2D eigenvalue weighted by atomic mass is 16.2. The minimum Gasteiger partial charge on any atom is -0.398 e. The standard InChI is InChI=1S/C13H15N3O2/c14-10-3-1-2-8-7-16(5-4-9(8)10)11-6-12(17)15-13(11)18/h1-3,11H,4-7,14H2,(H,15,17,18). The highest BCUT2D eigenvalue weighted by molar-refractivity contribution is 6.05. The molecule has 1 aromatic rings. The summed E-state index contributed by atoms with van der Waals surface area (Å²) in [6.07, 6.45) is 1.11. The summed E-state index contributed by atoms with van der Waals surface area (Å²) < 4.78 is 0. The molecule has 1 fully saturated rings. The summed E-state index contributed by atoms with van der Waals surface area (Å²) in [6, 6.07) is 5.55. The zero-order valence-electron chi connectivity index (χ0n) is 9.98. The maximum Gasteiger partial charge on any atom is 0.244 e. The molecular formula is C13H15N3O2. The third kappa shape index (κ3) is 1.76. The fraction of sp³-hybridized carbons (Fsp3) is 0.385. The monoisotopic (exact) mass is 245 g/mol. The summed E-state index contributed by atoms with van der Waals surface area (Å²) in [5.41, 5.74) is 9.10. The van der Waals surface area contributed by atoms with E-state index in [0.717, 1.165) is 24.2 Å². The first-order chi connectivity index (χ1) is 8.65. The summed E-state index contributed by atoms with van der Waals surface area (Å²) in [4.78, 5) is 24.9. The van der Waals surface area contributed by atoms with Gasteiger partial charge in [-0.2, -0.15) is 0 Å². The first-order valence-electron chi connectivity index (χ1n) is 6.09. The van der Waals surface area contributed by atoms with Crippen molar-refractivity contribution in [2.45, 2.75) is 25.4 Å². The van der Waals surface area contributed by atoms with Crippen LogP contribution in [0.5, 0.6) is 0 Å². The molecule has 2 heterocycles. The molecule has 0 aromatic heterocycles. The van der Waals surface area contributed by atoms with Gasteiger partial charge >= 0.3 is 0 Å². The minimum absolute atomic E-state index is 0.174. The van der Waals surface area contributed by atoms with Gasteiger partial charge in [0.2, 0.25) is 11.8 Å². The molecule has 1 atom stereocenters. The van der Waals surface area contributed by atoms with Gasteiger partial charge in [0.25, 0.3) is 0 Å². The van der Waals surface area contributed by atoms with Gasteiger partial charge in [0.15, 0.2) is 0 Å². The van der Waals surface area contributed by atoms with Gasteiger partial charge < -0.3 is 5.73 Å². The Hall–Kier alpha value is -1.88. The van der Waals surface area contributed by atoms with E-state index >= 15 is 0 Å². The van der Waals surface area contributed by atoms with Crippen molar-refractivity contribution >= 4 is 17.5 Å². The average Bonchev–Trinajstić information content (AvgIpc) is 2.68. The second kappa shape index (κ2) is 4.10. The molecule has 3 N–H and O–H groups in total. The van der Waals surface area contributed by atoms with Gasteiger partial charge in [-0.3, -0.25) is 19.8 Å². The Balaban J connectivity index is 1.83. The molecule has 18 heavy (non-hydrogen) atoms. The number of carbonyl (C=O) groups is 2. The number of imide groups is 1. The molecule has 94 valence electrons. The molecule has 1 saturated heterocycles. The maximum absolute atomic E-state index is 11.7. The smallest absolute Gasteiger partial charge is 0.244 e. The van der Waals surface area contributed by atoms with Crippen LogP contribution in [0, 0.1) is 0 Å². The van der Waals surface area contributed by atoms with Crippen LogP contribution >= 0.6 is 0 Å². The van der Waals surface area contributed by atoms with Gasteiger partial charge in [-0.1, -0.05) is 12.1 Å². The predicted octanol–water partition coefficient (Wildman–Crippen LogP) is 0.0420. The molecule has 5 nitrogen and oxygen atoms in total. The Morgan fingerprint density at radius 2 is 2.17 bits per heavy atom. The maximum atomic E-state index is 11.7.